The van der Waals surface area contributed by atoms with Crippen LogP contribution in [0.15, 0.2) is 47.4 Å². The zero-order valence-corrected chi connectivity index (χ0v) is 15.6. The van der Waals surface area contributed by atoms with Crippen molar-refractivity contribution in [1.29, 1.82) is 0 Å². The van der Waals surface area contributed by atoms with Crippen LogP contribution in [0.3, 0.4) is 0 Å². The maximum absolute atomic E-state index is 14.2. The fraction of sp³-hybridized carbons (Fsp3) is 0.350. The van der Waals surface area contributed by atoms with Gasteiger partial charge in [-0.1, -0.05) is 34.3 Å². The average molecular weight is 347 g/mol. The lowest BCUT2D eigenvalue weighted by Crippen LogP contribution is -2.18. The van der Waals surface area contributed by atoms with Crippen LogP contribution in [0.2, 0.25) is 0 Å². The van der Waals surface area contributed by atoms with Crippen molar-refractivity contribution < 1.29 is 8.78 Å². The Balaban J connectivity index is 0.00000151. The summed E-state index contributed by atoms with van der Waals surface area (Å²) in [5.74, 6) is -1.13. The molecular weight excluding hydrogens is 320 g/mol. The monoisotopic (exact) mass is 347 g/mol. The van der Waals surface area contributed by atoms with E-state index in [1.165, 1.54) is 6.07 Å². The Labute approximate surface area is 149 Å². The second-order valence-electron chi connectivity index (χ2n) is 5.57. The van der Waals surface area contributed by atoms with Crippen molar-refractivity contribution in [2.24, 2.45) is 10.9 Å². The Morgan fingerprint density at radius 2 is 2.00 bits per heavy atom. The highest BCUT2D eigenvalue weighted by molar-refractivity contribution is 5.88. The zero-order chi connectivity index (χ0) is 19.1. The number of nitrogens with zero attached hydrogens (tertiary/aromatic N) is 2. The minimum absolute atomic E-state index is 0.111. The lowest BCUT2D eigenvalue weighted by atomic mass is 9.97. The van der Waals surface area contributed by atoms with E-state index >= 15 is 0 Å². The summed E-state index contributed by atoms with van der Waals surface area (Å²) >= 11 is 0. The van der Waals surface area contributed by atoms with E-state index in [2.05, 4.69) is 25.4 Å². The van der Waals surface area contributed by atoms with Gasteiger partial charge in [-0.3, -0.25) is 4.99 Å². The first-order valence-corrected chi connectivity index (χ1v) is 8.52. The molecule has 2 N–H and O–H groups in total. The summed E-state index contributed by atoms with van der Waals surface area (Å²) in [5.41, 5.74) is 7.37. The van der Waals surface area contributed by atoms with Crippen molar-refractivity contribution in [2.45, 2.75) is 41.0 Å². The molecule has 1 heterocycles. The topological polar surface area (TPSA) is 41.6 Å². The molecule has 1 aromatic carbocycles. The van der Waals surface area contributed by atoms with Crippen molar-refractivity contribution in [1.82, 2.24) is 4.90 Å². The maximum atomic E-state index is 14.2. The van der Waals surface area contributed by atoms with Gasteiger partial charge in [0.2, 0.25) is 0 Å². The van der Waals surface area contributed by atoms with Gasteiger partial charge in [0.25, 0.3) is 0 Å². The summed E-state index contributed by atoms with van der Waals surface area (Å²) < 4.78 is 28.2. The molecule has 136 valence electrons. The van der Waals surface area contributed by atoms with Crippen LogP contribution < -0.4 is 5.73 Å². The molecule has 0 fully saturated rings. The first-order chi connectivity index (χ1) is 11.9. The number of allylic oxidation sites excluding steroid dienone is 2. The van der Waals surface area contributed by atoms with E-state index in [9.17, 15) is 8.78 Å². The van der Waals surface area contributed by atoms with Crippen molar-refractivity contribution >= 4 is 17.6 Å². The van der Waals surface area contributed by atoms with E-state index in [0.717, 1.165) is 23.8 Å². The zero-order valence-electron chi connectivity index (χ0n) is 15.6. The predicted molar refractivity (Wildman–Crippen MR) is 103 cm³/mol. The normalized spacial score (nSPS) is 16.6. The minimum Gasteiger partial charge on any atom is -0.396 e. The molecule has 25 heavy (non-hydrogen) atoms. The predicted octanol–water partition coefficient (Wildman–Crippen LogP) is 5.72. The van der Waals surface area contributed by atoms with Crippen molar-refractivity contribution in [2.75, 3.05) is 5.73 Å². The molecule has 1 atom stereocenters. The standard InChI is InChI=1S/C18H21F2N3.C2H6/c1-5-11(3)12(4)16-9-22-15(10-23(16)6-2)17-13(19)7-8-14(21)18(17)20;1-2/h6-11H,2,5,21H2,1,3-4H3;1-2H3/b16-12-;. The largest absolute Gasteiger partial charge is 0.396 e. The Bertz CT molecular complexity index is 718. The highest BCUT2D eigenvalue weighted by Crippen LogP contribution is 2.31. The molecule has 5 heteroatoms. The fourth-order valence-corrected chi connectivity index (χ4v) is 2.38. The van der Waals surface area contributed by atoms with E-state index in [0.29, 0.717) is 5.92 Å². The Hall–Kier alpha value is -2.43. The second kappa shape index (κ2) is 9.16. The molecule has 2 rings (SSSR count). The van der Waals surface area contributed by atoms with Gasteiger partial charge in [-0.05, 0) is 37.0 Å². The summed E-state index contributed by atoms with van der Waals surface area (Å²) in [6.45, 7) is 14.0. The van der Waals surface area contributed by atoms with E-state index in [1.54, 1.807) is 23.5 Å². The molecule has 0 radical (unpaired) electrons. The van der Waals surface area contributed by atoms with Gasteiger partial charge in [-0.25, -0.2) is 8.78 Å². The summed E-state index contributed by atoms with van der Waals surface area (Å²) in [5, 5.41) is 0. The molecule has 0 spiro atoms. The first kappa shape index (κ1) is 20.6. The van der Waals surface area contributed by atoms with Gasteiger partial charge in [0, 0.05) is 12.4 Å². The number of halogens is 2. The Kier molecular flexibility index (Phi) is 7.55. The molecule has 3 nitrogen and oxygen atoms in total. The van der Waals surface area contributed by atoms with Crippen LogP contribution in [0.25, 0.3) is 5.70 Å². The number of nitrogens with two attached hydrogens (primary N) is 1. The number of hydrogen-bond acceptors (Lipinski definition) is 3. The van der Waals surface area contributed by atoms with Crippen LogP contribution in [-0.2, 0) is 0 Å². The highest BCUT2D eigenvalue weighted by atomic mass is 19.1. The molecule has 0 bridgehead atoms. The van der Waals surface area contributed by atoms with Gasteiger partial charge in [0.05, 0.1) is 28.9 Å². The summed E-state index contributed by atoms with van der Waals surface area (Å²) in [7, 11) is 0. The molecule has 1 unspecified atom stereocenters. The fourth-order valence-electron chi connectivity index (χ4n) is 2.38. The second-order valence-corrected chi connectivity index (χ2v) is 5.57. The summed E-state index contributed by atoms with van der Waals surface area (Å²) in [6, 6.07) is 2.34. The molecule has 0 aliphatic carbocycles. The summed E-state index contributed by atoms with van der Waals surface area (Å²) in [6.07, 6.45) is 5.76. The highest BCUT2D eigenvalue weighted by Gasteiger charge is 2.21. The number of hydrogen-bond donors (Lipinski definition) is 1. The molecule has 0 aromatic heterocycles. The van der Waals surface area contributed by atoms with E-state index in [-0.39, 0.29) is 16.9 Å². The number of anilines is 1. The third-order valence-corrected chi connectivity index (χ3v) is 4.19. The molecule has 0 saturated carbocycles. The third kappa shape index (κ3) is 4.35. The number of aliphatic imine (C=N–C) groups is 1. The summed E-state index contributed by atoms with van der Waals surface area (Å²) in [4.78, 5) is 5.96. The van der Waals surface area contributed by atoms with Gasteiger partial charge >= 0.3 is 0 Å². The minimum atomic E-state index is -0.802. The quantitative estimate of drug-likeness (QED) is 0.708. The maximum Gasteiger partial charge on any atom is 0.158 e. The van der Waals surface area contributed by atoms with Gasteiger partial charge < -0.3 is 10.6 Å². The SMILES string of the molecule is C=CN1C=C(c2c(F)ccc(N)c2F)N=C/C1=C(\C)C(C)CC.CC. The molecular formula is C20H27F2N3. The Morgan fingerprint density at radius 3 is 2.56 bits per heavy atom. The Morgan fingerprint density at radius 1 is 1.36 bits per heavy atom. The number of nitrogen functional groups attached to an aromatic ring is 1. The lowest BCUT2D eigenvalue weighted by Gasteiger charge is -2.25. The van der Waals surface area contributed by atoms with Crippen molar-refractivity contribution in [3.8, 4) is 0 Å². The third-order valence-electron chi connectivity index (χ3n) is 4.19. The molecule has 0 amide bonds. The number of benzene rings is 1. The van der Waals surface area contributed by atoms with Gasteiger partial charge in [0.1, 0.15) is 5.82 Å². The van der Waals surface area contributed by atoms with Crippen LogP contribution in [0, 0.1) is 17.6 Å². The molecule has 1 aromatic rings. The van der Waals surface area contributed by atoms with Crippen LogP contribution in [-0.4, -0.2) is 11.1 Å². The smallest absolute Gasteiger partial charge is 0.158 e. The van der Waals surface area contributed by atoms with E-state index < -0.39 is 11.6 Å². The molecule has 1 aliphatic rings. The van der Waals surface area contributed by atoms with Crippen LogP contribution in [0.1, 0.15) is 46.6 Å². The van der Waals surface area contributed by atoms with E-state index in [4.69, 9.17) is 5.73 Å². The molecule has 0 saturated heterocycles. The van der Waals surface area contributed by atoms with Gasteiger partial charge in [-0.2, -0.15) is 0 Å². The van der Waals surface area contributed by atoms with Crippen LogP contribution in [0.5, 0.6) is 0 Å². The van der Waals surface area contributed by atoms with Gasteiger partial charge in [-0.15, -0.1) is 0 Å². The van der Waals surface area contributed by atoms with Gasteiger partial charge in [0.15, 0.2) is 5.82 Å². The van der Waals surface area contributed by atoms with Crippen molar-refractivity contribution in [3.05, 3.63) is 59.6 Å². The first-order valence-electron chi connectivity index (χ1n) is 8.52. The van der Waals surface area contributed by atoms with Crippen molar-refractivity contribution in [3.63, 3.8) is 0 Å². The van der Waals surface area contributed by atoms with Crippen LogP contribution in [0.4, 0.5) is 14.5 Å². The number of rotatable bonds is 4. The molecule has 1 aliphatic heterocycles. The lowest BCUT2D eigenvalue weighted by molar-refractivity contribution is 0.574. The van der Waals surface area contributed by atoms with E-state index in [1.807, 2.05) is 20.8 Å². The average Bonchev–Trinajstić information content (AvgIpc) is 2.65. The van der Waals surface area contributed by atoms with Crippen LogP contribution >= 0.6 is 0 Å².